The fraction of sp³-hybridized carbons (Fsp3) is 0.385. The number of carboxylic acids is 1. The Morgan fingerprint density at radius 3 is 2.47 bits per heavy atom. The van der Waals surface area contributed by atoms with Crippen molar-refractivity contribution in [2.45, 2.75) is 32.2 Å². The van der Waals surface area contributed by atoms with Crippen LogP contribution in [0.3, 0.4) is 0 Å². The highest BCUT2D eigenvalue weighted by Crippen LogP contribution is 2.15. The van der Waals surface area contributed by atoms with Gasteiger partial charge in [0.05, 0.1) is 5.56 Å². The SMILES string of the molecule is CC(C)(CCC(=O)O)NC(=O)c1ccc(F)cc1F. The molecule has 0 unspecified atom stereocenters. The van der Waals surface area contributed by atoms with Gasteiger partial charge in [-0.2, -0.15) is 0 Å². The maximum atomic E-state index is 13.4. The lowest BCUT2D eigenvalue weighted by Crippen LogP contribution is -2.44. The molecule has 1 rings (SSSR count). The Morgan fingerprint density at radius 2 is 1.95 bits per heavy atom. The molecule has 0 bridgehead atoms. The summed E-state index contributed by atoms with van der Waals surface area (Å²) in [6, 6.07) is 2.66. The predicted octanol–water partition coefficient (Wildman–Crippen LogP) is 2.34. The molecule has 0 saturated carbocycles. The first kappa shape index (κ1) is 15.1. The van der Waals surface area contributed by atoms with Crippen molar-refractivity contribution in [3.05, 3.63) is 35.4 Å². The second-order valence-electron chi connectivity index (χ2n) is 4.86. The lowest BCUT2D eigenvalue weighted by molar-refractivity contribution is -0.137. The summed E-state index contributed by atoms with van der Waals surface area (Å²) in [4.78, 5) is 22.3. The van der Waals surface area contributed by atoms with Gasteiger partial charge in [0, 0.05) is 18.0 Å². The van der Waals surface area contributed by atoms with Crippen molar-refractivity contribution in [3.8, 4) is 0 Å². The second kappa shape index (κ2) is 5.77. The average Bonchev–Trinajstić information content (AvgIpc) is 2.25. The van der Waals surface area contributed by atoms with E-state index in [0.717, 1.165) is 12.1 Å². The minimum absolute atomic E-state index is 0.112. The molecular weight excluding hydrogens is 256 g/mol. The molecule has 0 heterocycles. The molecule has 1 amide bonds. The van der Waals surface area contributed by atoms with Gasteiger partial charge < -0.3 is 10.4 Å². The number of rotatable bonds is 5. The van der Waals surface area contributed by atoms with Crippen LogP contribution in [0.4, 0.5) is 8.78 Å². The van der Waals surface area contributed by atoms with Crippen LogP contribution in [0.5, 0.6) is 0 Å². The maximum Gasteiger partial charge on any atom is 0.303 e. The molecule has 0 spiro atoms. The molecule has 4 nitrogen and oxygen atoms in total. The number of carbonyl (C=O) groups is 2. The van der Waals surface area contributed by atoms with Gasteiger partial charge in [0.2, 0.25) is 0 Å². The van der Waals surface area contributed by atoms with E-state index < -0.39 is 29.0 Å². The van der Waals surface area contributed by atoms with E-state index in [1.54, 1.807) is 13.8 Å². The first-order valence-corrected chi connectivity index (χ1v) is 5.70. The average molecular weight is 271 g/mol. The van der Waals surface area contributed by atoms with Gasteiger partial charge in [-0.15, -0.1) is 0 Å². The second-order valence-corrected chi connectivity index (χ2v) is 4.86. The third kappa shape index (κ3) is 4.65. The van der Waals surface area contributed by atoms with Gasteiger partial charge in [-0.05, 0) is 32.4 Å². The van der Waals surface area contributed by atoms with Crippen molar-refractivity contribution in [2.75, 3.05) is 0 Å². The number of carboxylic acid groups (broad SMARTS) is 1. The third-order valence-corrected chi connectivity index (χ3v) is 2.59. The van der Waals surface area contributed by atoms with Crippen molar-refractivity contribution in [3.63, 3.8) is 0 Å². The fourth-order valence-corrected chi connectivity index (χ4v) is 1.53. The highest BCUT2D eigenvalue weighted by atomic mass is 19.1. The molecule has 104 valence electrons. The van der Waals surface area contributed by atoms with Gasteiger partial charge in [-0.25, -0.2) is 8.78 Å². The Bertz CT molecular complexity index is 501. The van der Waals surface area contributed by atoms with E-state index in [1.807, 2.05) is 0 Å². The number of amides is 1. The molecule has 0 aliphatic rings. The Labute approximate surface area is 109 Å². The summed E-state index contributed by atoms with van der Waals surface area (Å²) < 4.78 is 26.1. The minimum atomic E-state index is -0.977. The fourth-order valence-electron chi connectivity index (χ4n) is 1.53. The zero-order valence-corrected chi connectivity index (χ0v) is 10.7. The Kier molecular flexibility index (Phi) is 4.58. The standard InChI is InChI=1S/C13H15F2NO3/c1-13(2,6-5-11(17)18)16-12(19)9-4-3-8(14)7-10(9)15/h3-4,7H,5-6H2,1-2H3,(H,16,19)(H,17,18). The number of carbonyl (C=O) groups excluding carboxylic acids is 1. The monoisotopic (exact) mass is 271 g/mol. The molecule has 0 fully saturated rings. The zero-order chi connectivity index (χ0) is 14.6. The summed E-state index contributed by atoms with van der Waals surface area (Å²) in [5.74, 6) is -3.39. The van der Waals surface area contributed by atoms with Gasteiger partial charge >= 0.3 is 5.97 Å². The summed E-state index contributed by atoms with van der Waals surface area (Å²) in [7, 11) is 0. The minimum Gasteiger partial charge on any atom is -0.481 e. The number of halogens is 2. The van der Waals surface area contributed by atoms with E-state index in [9.17, 15) is 18.4 Å². The molecule has 0 atom stereocenters. The lowest BCUT2D eigenvalue weighted by Gasteiger charge is -2.25. The van der Waals surface area contributed by atoms with Gasteiger partial charge in [0.25, 0.3) is 5.91 Å². The zero-order valence-electron chi connectivity index (χ0n) is 10.7. The van der Waals surface area contributed by atoms with Crippen molar-refractivity contribution in [1.29, 1.82) is 0 Å². The van der Waals surface area contributed by atoms with Crippen LogP contribution in [-0.2, 0) is 4.79 Å². The van der Waals surface area contributed by atoms with Crippen LogP contribution in [0, 0.1) is 11.6 Å². The van der Waals surface area contributed by atoms with E-state index in [4.69, 9.17) is 5.11 Å². The van der Waals surface area contributed by atoms with Gasteiger partial charge in [-0.1, -0.05) is 0 Å². The topological polar surface area (TPSA) is 66.4 Å². The summed E-state index contributed by atoms with van der Waals surface area (Å²) in [5.41, 5.74) is -1.07. The van der Waals surface area contributed by atoms with Crippen LogP contribution >= 0.6 is 0 Å². The molecule has 1 aromatic rings. The quantitative estimate of drug-likeness (QED) is 0.863. The van der Waals surface area contributed by atoms with Crippen molar-refractivity contribution in [1.82, 2.24) is 5.32 Å². The molecule has 0 aliphatic heterocycles. The van der Waals surface area contributed by atoms with Crippen LogP contribution in [-0.4, -0.2) is 22.5 Å². The number of nitrogens with one attached hydrogen (secondary N) is 1. The molecule has 19 heavy (non-hydrogen) atoms. The third-order valence-electron chi connectivity index (χ3n) is 2.59. The lowest BCUT2D eigenvalue weighted by atomic mass is 9.97. The first-order chi connectivity index (χ1) is 8.71. The molecule has 0 aromatic heterocycles. The Hall–Kier alpha value is -1.98. The van der Waals surface area contributed by atoms with Crippen LogP contribution in [0.2, 0.25) is 0 Å². The summed E-state index contributed by atoms with van der Waals surface area (Å²) >= 11 is 0. The smallest absolute Gasteiger partial charge is 0.303 e. The summed E-state index contributed by atoms with van der Waals surface area (Å²) in [5, 5.41) is 11.1. The molecule has 0 saturated heterocycles. The molecule has 2 N–H and O–H groups in total. The number of aliphatic carboxylic acids is 1. The van der Waals surface area contributed by atoms with Gasteiger partial charge in [-0.3, -0.25) is 9.59 Å². The largest absolute Gasteiger partial charge is 0.481 e. The predicted molar refractivity (Wildman–Crippen MR) is 64.8 cm³/mol. The molecular formula is C13H15F2NO3. The van der Waals surface area contributed by atoms with E-state index in [-0.39, 0.29) is 18.4 Å². The van der Waals surface area contributed by atoms with Crippen molar-refractivity contribution < 1.29 is 23.5 Å². The van der Waals surface area contributed by atoms with Crippen molar-refractivity contribution in [2.24, 2.45) is 0 Å². The maximum absolute atomic E-state index is 13.4. The van der Waals surface area contributed by atoms with Crippen LogP contribution in [0.1, 0.15) is 37.0 Å². The normalized spacial score (nSPS) is 11.2. The Morgan fingerprint density at radius 1 is 1.32 bits per heavy atom. The van der Waals surface area contributed by atoms with Gasteiger partial charge in [0.1, 0.15) is 11.6 Å². The molecule has 0 aliphatic carbocycles. The highest BCUT2D eigenvalue weighted by molar-refractivity contribution is 5.94. The van der Waals surface area contributed by atoms with E-state index >= 15 is 0 Å². The van der Waals surface area contributed by atoms with Crippen LogP contribution in [0.25, 0.3) is 0 Å². The van der Waals surface area contributed by atoms with Crippen molar-refractivity contribution >= 4 is 11.9 Å². The molecule has 0 radical (unpaired) electrons. The first-order valence-electron chi connectivity index (χ1n) is 5.70. The highest BCUT2D eigenvalue weighted by Gasteiger charge is 2.23. The Balaban J connectivity index is 2.75. The van der Waals surface area contributed by atoms with Crippen LogP contribution in [0.15, 0.2) is 18.2 Å². The summed E-state index contributed by atoms with van der Waals surface area (Å²) in [6.45, 7) is 3.27. The van der Waals surface area contributed by atoms with Crippen LogP contribution < -0.4 is 5.32 Å². The summed E-state index contributed by atoms with van der Waals surface area (Å²) in [6.07, 6.45) is 0.0933. The number of benzene rings is 1. The van der Waals surface area contributed by atoms with E-state index in [0.29, 0.717) is 6.07 Å². The van der Waals surface area contributed by atoms with E-state index in [2.05, 4.69) is 5.32 Å². The molecule has 6 heteroatoms. The molecule has 1 aromatic carbocycles. The number of hydrogen-bond acceptors (Lipinski definition) is 2. The van der Waals surface area contributed by atoms with E-state index in [1.165, 1.54) is 0 Å². The van der Waals surface area contributed by atoms with Gasteiger partial charge in [0.15, 0.2) is 0 Å². The number of hydrogen-bond donors (Lipinski definition) is 2.